The lowest BCUT2D eigenvalue weighted by atomic mass is 10.3. The molecule has 0 radical (unpaired) electrons. The molecule has 1 aromatic heterocycles. The fourth-order valence-corrected chi connectivity index (χ4v) is 2.91. The molecule has 1 atom stereocenters. The highest BCUT2D eigenvalue weighted by Crippen LogP contribution is 2.29. The molecule has 7 heteroatoms. The Morgan fingerprint density at radius 2 is 2.39 bits per heavy atom. The molecule has 1 N–H and O–H groups in total. The van der Waals surface area contributed by atoms with Crippen LogP contribution >= 0.6 is 11.3 Å². The highest BCUT2D eigenvalue weighted by molar-refractivity contribution is 7.17. The van der Waals surface area contributed by atoms with Crippen molar-refractivity contribution in [2.75, 3.05) is 32.2 Å². The van der Waals surface area contributed by atoms with E-state index < -0.39 is 5.97 Å². The molecule has 0 aromatic carbocycles. The van der Waals surface area contributed by atoms with Crippen molar-refractivity contribution in [1.29, 1.82) is 0 Å². The van der Waals surface area contributed by atoms with Crippen LogP contribution in [0.3, 0.4) is 0 Å². The van der Waals surface area contributed by atoms with Crippen LogP contribution in [0.5, 0.6) is 0 Å². The van der Waals surface area contributed by atoms with E-state index in [0.29, 0.717) is 5.69 Å². The second-order valence-electron chi connectivity index (χ2n) is 4.10. The Hall–Kier alpha value is -1.18. The third-order valence-electron chi connectivity index (χ3n) is 2.91. The Balaban J connectivity index is 2.19. The van der Waals surface area contributed by atoms with Gasteiger partial charge in [0.05, 0.1) is 18.4 Å². The van der Waals surface area contributed by atoms with Crippen LogP contribution in [0.2, 0.25) is 0 Å². The van der Waals surface area contributed by atoms with E-state index in [-0.39, 0.29) is 17.6 Å². The van der Waals surface area contributed by atoms with Crippen LogP contribution in [0, 0.1) is 0 Å². The standard InChI is InChI=1S/C11H16N2O4S/c1-16-6-8-9(10(14)15)18-11(12-8)13-4-3-7(5-13)17-2/h7H,3-6H2,1-2H3,(H,14,15). The van der Waals surface area contributed by atoms with Gasteiger partial charge in [0.25, 0.3) is 0 Å². The monoisotopic (exact) mass is 272 g/mol. The molecule has 0 amide bonds. The number of rotatable bonds is 5. The number of methoxy groups -OCH3 is 2. The van der Waals surface area contributed by atoms with E-state index >= 15 is 0 Å². The van der Waals surface area contributed by atoms with E-state index in [1.807, 2.05) is 0 Å². The van der Waals surface area contributed by atoms with Crippen molar-refractivity contribution in [2.45, 2.75) is 19.1 Å². The molecule has 1 aliphatic heterocycles. The van der Waals surface area contributed by atoms with E-state index in [4.69, 9.17) is 14.6 Å². The number of thiazole rings is 1. The first-order chi connectivity index (χ1) is 8.65. The summed E-state index contributed by atoms with van der Waals surface area (Å²) in [6.07, 6.45) is 1.14. The van der Waals surface area contributed by atoms with Crippen molar-refractivity contribution >= 4 is 22.4 Å². The molecular weight excluding hydrogens is 256 g/mol. The molecule has 1 unspecified atom stereocenters. The fourth-order valence-electron chi connectivity index (χ4n) is 1.97. The van der Waals surface area contributed by atoms with Gasteiger partial charge in [-0.3, -0.25) is 0 Å². The van der Waals surface area contributed by atoms with Crippen LogP contribution in [0.15, 0.2) is 0 Å². The van der Waals surface area contributed by atoms with Gasteiger partial charge in [0.1, 0.15) is 4.88 Å². The van der Waals surface area contributed by atoms with Crippen molar-refractivity contribution in [1.82, 2.24) is 4.98 Å². The van der Waals surface area contributed by atoms with Gasteiger partial charge in [-0.1, -0.05) is 11.3 Å². The number of anilines is 1. The van der Waals surface area contributed by atoms with Crippen molar-refractivity contribution in [3.05, 3.63) is 10.6 Å². The number of carboxylic acid groups (broad SMARTS) is 1. The molecule has 1 saturated heterocycles. The lowest BCUT2D eigenvalue weighted by Gasteiger charge is -2.13. The predicted molar refractivity (Wildman–Crippen MR) is 67.4 cm³/mol. The van der Waals surface area contributed by atoms with Crippen molar-refractivity contribution in [3.8, 4) is 0 Å². The summed E-state index contributed by atoms with van der Waals surface area (Å²) in [7, 11) is 3.22. The average Bonchev–Trinajstić information content (AvgIpc) is 2.94. The minimum absolute atomic E-state index is 0.202. The third kappa shape index (κ3) is 2.63. The van der Waals surface area contributed by atoms with E-state index in [2.05, 4.69) is 9.88 Å². The molecule has 0 saturated carbocycles. The largest absolute Gasteiger partial charge is 0.477 e. The van der Waals surface area contributed by atoms with Crippen LogP contribution in [-0.2, 0) is 16.1 Å². The zero-order valence-electron chi connectivity index (χ0n) is 10.4. The number of hydrogen-bond acceptors (Lipinski definition) is 6. The van der Waals surface area contributed by atoms with E-state index in [1.165, 1.54) is 18.4 Å². The predicted octanol–water partition coefficient (Wildman–Crippen LogP) is 1.21. The summed E-state index contributed by atoms with van der Waals surface area (Å²) in [6, 6.07) is 0. The minimum atomic E-state index is -0.951. The zero-order chi connectivity index (χ0) is 13.1. The van der Waals surface area contributed by atoms with Crippen molar-refractivity contribution in [2.24, 2.45) is 0 Å². The van der Waals surface area contributed by atoms with Crippen LogP contribution in [0.25, 0.3) is 0 Å². The highest BCUT2D eigenvalue weighted by Gasteiger charge is 2.27. The van der Waals surface area contributed by atoms with Gasteiger partial charge in [0, 0.05) is 27.3 Å². The van der Waals surface area contributed by atoms with Gasteiger partial charge in [-0.15, -0.1) is 0 Å². The van der Waals surface area contributed by atoms with E-state index in [0.717, 1.165) is 24.6 Å². The molecule has 6 nitrogen and oxygen atoms in total. The molecule has 2 heterocycles. The number of aromatic carboxylic acids is 1. The topological polar surface area (TPSA) is 71.9 Å². The summed E-state index contributed by atoms with van der Waals surface area (Å²) in [6.45, 7) is 1.83. The zero-order valence-corrected chi connectivity index (χ0v) is 11.2. The van der Waals surface area contributed by atoms with Crippen LogP contribution in [0.4, 0.5) is 5.13 Å². The van der Waals surface area contributed by atoms with Gasteiger partial charge >= 0.3 is 5.97 Å². The van der Waals surface area contributed by atoms with Gasteiger partial charge < -0.3 is 19.5 Å². The first kappa shape index (κ1) is 13.3. The molecule has 1 aromatic rings. The molecule has 18 heavy (non-hydrogen) atoms. The summed E-state index contributed by atoms with van der Waals surface area (Å²) in [5.41, 5.74) is 0.492. The van der Waals surface area contributed by atoms with Crippen LogP contribution in [0.1, 0.15) is 21.8 Å². The molecule has 1 aliphatic rings. The van der Waals surface area contributed by atoms with Gasteiger partial charge in [-0.05, 0) is 6.42 Å². The number of carbonyl (C=O) groups is 1. The summed E-state index contributed by atoms with van der Waals surface area (Å²) >= 11 is 1.20. The number of nitrogens with zero attached hydrogens (tertiary/aromatic N) is 2. The van der Waals surface area contributed by atoms with E-state index in [1.54, 1.807) is 7.11 Å². The quantitative estimate of drug-likeness (QED) is 0.868. The van der Waals surface area contributed by atoms with Gasteiger partial charge in [-0.25, -0.2) is 9.78 Å². The summed E-state index contributed by atoms with van der Waals surface area (Å²) in [5, 5.41) is 9.85. The van der Waals surface area contributed by atoms with E-state index in [9.17, 15) is 4.79 Å². The maximum Gasteiger partial charge on any atom is 0.347 e. The fraction of sp³-hybridized carbons (Fsp3) is 0.636. The second-order valence-corrected chi connectivity index (χ2v) is 5.08. The number of hydrogen-bond donors (Lipinski definition) is 1. The first-order valence-corrected chi connectivity index (χ1v) is 6.47. The van der Waals surface area contributed by atoms with Crippen molar-refractivity contribution in [3.63, 3.8) is 0 Å². The molecular formula is C11H16N2O4S. The first-order valence-electron chi connectivity index (χ1n) is 5.65. The Labute approximate surface area is 109 Å². The Morgan fingerprint density at radius 1 is 1.61 bits per heavy atom. The second kappa shape index (κ2) is 5.64. The summed E-state index contributed by atoms with van der Waals surface area (Å²) in [4.78, 5) is 17.8. The average molecular weight is 272 g/mol. The summed E-state index contributed by atoms with van der Waals surface area (Å²) < 4.78 is 10.3. The lowest BCUT2D eigenvalue weighted by Crippen LogP contribution is -2.21. The normalized spacial score (nSPS) is 19.4. The highest BCUT2D eigenvalue weighted by atomic mass is 32.1. The molecule has 0 spiro atoms. The SMILES string of the molecule is COCc1nc(N2CCC(OC)C2)sc1C(=O)O. The molecule has 0 bridgehead atoms. The molecule has 0 aliphatic carbocycles. The lowest BCUT2D eigenvalue weighted by molar-refractivity contribution is 0.0697. The number of ether oxygens (including phenoxy) is 2. The molecule has 100 valence electrons. The van der Waals surface area contributed by atoms with Gasteiger partial charge in [-0.2, -0.15) is 0 Å². The van der Waals surface area contributed by atoms with Crippen LogP contribution in [-0.4, -0.2) is 49.5 Å². The van der Waals surface area contributed by atoms with Gasteiger partial charge in [0.15, 0.2) is 5.13 Å². The molecule has 1 fully saturated rings. The van der Waals surface area contributed by atoms with Gasteiger partial charge in [0.2, 0.25) is 0 Å². The maximum atomic E-state index is 11.1. The third-order valence-corrected chi connectivity index (χ3v) is 4.06. The summed E-state index contributed by atoms with van der Waals surface area (Å²) in [5.74, 6) is -0.951. The van der Waals surface area contributed by atoms with Crippen molar-refractivity contribution < 1.29 is 19.4 Å². The minimum Gasteiger partial charge on any atom is -0.477 e. The number of carboxylic acids is 1. The Morgan fingerprint density at radius 3 is 2.94 bits per heavy atom. The Bertz CT molecular complexity index is 435. The smallest absolute Gasteiger partial charge is 0.347 e. The number of aromatic nitrogens is 1. The Kier molecular flexibility index (Phi) is 4.15. The molecule has 2 rings (SSSR count). The van der Waals surface area contributed by atoms with Crippen LogP contribution < -0.4 is 4.90 Å². The maximum absolute atomic E-state index is 11.1.